The minimum absolute atomic E-state index is 0.0276. The summed E-state index contributed by atoms with van der Waals surface area (Å²) in [6.07, 6.45) is 0.988. The zero-order chi connectivity index (χ0) is 21.3. The van der Waals surface area contributed by atoms with E-state index in [1.54, 1.807) is 12.1 Å². The minimum Gasteiger partial charge on any atom is -0.508 e. The van der Waals surface area contributed by atoms with Gasteiger partial charge >= 0.3 is 12.1 Å². The van der Waals surface area contributed by atoms with Crippen LogP contribution in [0.3, 0.4) is 0 Å². The molecule has 2 N–H and O–H groups in total. The van der Waals surface area contributed by atoms with E-state index in [2.05, 4.69) is 4.90 Å². The number of halogens is 1. The molecule has 5 rings (SSSR count). The Kier molecular flexibility index (Phi) is 5.59. The molecule has 0 aromatic heterocycles. The average Bonchev–Trinajstić information content (AvgIpc) is 2.75. The first-order chi connectivity index (χ1) is 14.4. The Bertz CT molecular complexity index is 941. The number of carbonyl (C=O) groups is 2. The van der Waals surface area contributed by atoms with Gasteiger partial charge in [0.2, 0.25) is 0 Å². The van der Waals surface area contributed by atoms with Crippen molar-refractivity contribution in [3.05, 3.63) is 59.4 Å². The Balaban J connectivity index is 1.59. The number of phenolic OH excluding ortho intramolecular Hbond substituents is 1. The number of piperidine rings is 3. The van der Waals surface area contributed by atoms with Crippen molar-refractivity contribution < 1.29 is 28.9 Å². The van der Waals surface area contributed by atoms with Gasteiger partial charge in [0.25, 0.3) is 0 Å². The van der Waals surface area contributed by atoms with Gasteiger partial charge in [0.05, 0.1) is 17.8 Å². The molecule has 1 amide bonds. The number of ether oxygens (including phenoxy) is 1. The molecular weight excluding hydrogens is 391 g/mol. The summed E-state index contributed by atoms with van der Waals surface area (Å²) in [5, 5.41) is 18.9. The quantitative estimate of drug-likeness (QED) is 0.779. The van der Waals surface area contributed by atoms with Crippen molar-refractivity contribution in [3.8, 4) is 5.75 Å². The zero-order valence-electron chi connectivity index (χ0n) is 16.3. The van der Waals surface area contributed by atoms with Gasteiger partial charge in [-0.25, -0.2) is 14.0 Å². The largest absolute Gasteiger partial charge is 0.508 e. The second-order valence-corrected chi connectivity index (χ2v) is 7.78. The lowest BCUT2D eigenvalue weighted by atomic mass is 9.86. The molecule has 3 fully saturated rings. The molecule has 1 atom stereocenters. The van der Waals surface area contributed by atoms with Gasteiger partial charge < -0.3 is 14.9 Å². The highest BCUT2D eigenvalue weighted by Gasteiger charge is 2.37. The van der Waals surface area contributed by atoms with Crippen LogP contribution in [0.1, 0.15) is 28.8 Å². The fourth-order valence-electron chi connectivity index (χ4n) is 4.13. The van der Waals surface area contributed by atoms with Crippen molar-refractivity contribution in [3.63, 3.8) is 0 Å². The van der Waals surface area contributed by atoms with Gasteiger partial charge in [0.1, 0.15) is 17.7 Å². The Morgan fingerprint density at radius 2 is 1.83 bits per heavy atom. The fourth-order valence-corrected chi connectivity index (χ4v) is 4.13. The van der Waals surface area contributed by atoms with E-state index in [9.17, 15) is 19.1 Å². The first-order valence-electron chi connectivity index (χ1n) is 9.92. The number of hydrogen-bond donors (Lipinski definition) is 2. The summed E-state index contributed by atoms with van der Waals surface area (Å²) in [5.41, 5.74) is 0.626. The van der Waals surface area contributed by atoms with E-state index in [0.29, 0.717) is 18.0 Å². The van der Waals surface area contributed by atoms with Crippen molar-refractivity contribution in [1.82, 2.24) is 4.90 Å². The number of carboxylic acids is 1. The number of nitrogens with zero attached hydrogens (tertiary/aromatic N) is 2. The summed E-state index contributed by atoms with van der Waals surface area (Å²) in [7, 11) is 0. The van der Waals surface area contributed by atoms with Crippen molar-refractivity contribution in [2.75, 3.05) is 24.5 Å². The van der Waals surface area contributed by atoms with Crippen LogP contribution < -0.4 is 4.90 Å². The van der Waals surface area contributed by atoms with Crippen molar-refractivity contribution in [1.29, 1.82) is 0 Å². The summed E-state index contributed by atoms with van der Waals surface area (Å²) in [6, 6.07) is 9.46. The highest BCUT2D eigenvalue weighted by Crippen LogP contribution is 2.32. The number of fused-ring (bicyclic) bond motifs is 3. The Morgan fingerprint density at radius 3 is 2.43 bits per heavy atom. The maximum atomic E-state index is 14.5. The number of aromatic hydroxyl groups is 1. The van der Waals surface area contributed by atoms with E-state index < -0.39 is 17.9 Å². The summed E-state index contributed by atoms with van der Waals surface area (Å²) >= 11 is 0. The number of hydrogen-bond acceptors (Lipinski definition) is 5. The van der Waals surface area contributed by atoms with Crippen LogP contribution in [0.4, 0.5) is 14.9 Å². The number of carboxylic acid groups (broad SMARTS) is 1. The maximum absolute atomic E-state index is 14.5. The topological polar surface area (TPSA) is 90.3 Å². The second kappa shape index (κ2) is 8.31. The van der Waals surface area contributed by atoms with Gasteiger partial charge in [-0.1, -0.05) is 12.1 Å². The maximum Gasteiger partial charge on any atom is 0.415 e. The highest BCUT2D eigenvalue weighted by atomic mass is 19.1. The lowest BCUT2D eigenvalue weighted by Crippen LogP contribution is -2.53. The fraction of sp³-hybridized carbons (Fsp3) is 0.364. The third-order valence-electron chi connectivity index (χ3n) is 5.83. The number of phenols is 1. The van der Waals surface area contributed by atoms with E-state index in [0.717, 1.165) is 36.9 Å². The summed E-state index contributed by atoms with van der Waals surface area (Å²) < 4.78 is 20.3. The van der Waals surface area contributed by atoms with Crippen LogP contribution in [0.2, 0.25) is 0 Å². The molecule has 3 saturated heterocycles. The normalized spacial score (nSPS) is 22.5. The third-order valence-corrected chi connectivity index (χ3v) is 5.83. The van der Waals surface area contributed by atoms with Gasteiger partial charge in [-0.2, -0.15) is 0 Å². The van der Waals surface area contributed by atoms with E-state index in [1.807, 2.05) is 0 Å². The van der Waals surface area contributed by atoms with Crippen LogP contribution in [0.15, 0.2) is 42.5 Å². The standard InChI is InChI=1S/C22H23FN2O5/c23-18-6-5-17(26)11-19(18)25(12-14-1-3-16(4-2-14)21(27)28)22(29)30-20-13-24-9-7-15(20)8-10-24/h1-6,11,15,20,26H,7-10,12-13H2,(H,27,28)/t20-/m0/s1. The highest BCUT2D eigenvalue weighted by molar-refractivity contribution is 5.89. The van der Waals surface area contributed by atoms with Crippen molar-refractivity contribution in [2.45, 2.75) is 25.5 Å². The summed E-state index contributed by atoms with van der Waals surface area (Å²) in [4.78, 5) is 27.5. The Labute approximate surface area is 173 Å². The Morgan fingerprint density at radius 1 is 1.13 bits per heavy atom. The molecule has 2 aromatic carbocycles. The van der Waals surface area contributed by atoms with Gasteiger partial charge in [0.15, 0.2) is 0 Å². The second-order valence-electron chi connectivity index (χ2n) is 7.78. The first kappa shape index (κ1) is 20.2. The number of benzene rings is 2. The smallest absolute Gasteiger partial charge is 0.415 e. The van der Waals surface area contributed by atoms with Crippen LogP contribution >= 0.6 is 0 Å². The van der Waals surface area contributed by atoms with E-state index in [1.165, 1.54) is 24.3 Å². The monoisotopic (exact) mass is 414 g/mol. The van der Waals surface area contributed by atoms with Crippen LogP contribution in [0.25, 0.3) is 0 Å². The third kappa shape index (κ3) is 4.23. The molecule has 0 radical (unpaired) electrons. The molecule has 8 heteroatoms. The van der Waals surface area contributed by atoms with Crippen LogP contribution in [-0.2, 0) is 11.3 Å². The molecule has 2 bridgehead atoms. The molecule has 0 unspecified atom stereocenters. The molecular formula is C22H23FN2O5. The number of amides is 1. The van der Waals surface area contributed by atoms with Crippen molar-refractivity contribution in [2.24, 2.45) is 5.92 Å². The van der Waals surface area contributed by atoms with Gasteiger partial charge in [-0.05, 0) is 61.7 Å². The predicted molar refractivity (Wildman–Crippen MR) is 107 cm³/mol. The molecule has 30 heavy (non-hydrogen) atoms. The molecule has 3 aliphatic heterocycles. The van der Waals surface area contributed by atoms with E-state index >= 15 is 0 Å². The van der Waals surface area contributed by atoms with Gasteiger partial charge in [-0.15, -0.1) is 0 Å². The molecule has 7 nitrogen and oxygen atoms in total. The molecule has 3 heterocycles. The van der Waals surface area contributed by atoms with E-state index in [-0.39, 0.29) is 29.6 Å². The molecule has 0 spiro atoms. The zero-order valence-corrected chi connectivity index (χ0v) is 16.3. The van der Waals surface area contributed by atoms with Crippen LogP contribution in [0.5, 0.6) is 5.75 Å². The van der Waals surface area contributed by atoms with E-state index in [4.69, 9.17) is 9.84 Å². The van der Waals surface area contributed by atoms with Crippen molar-refractivity contribution >= 4 is 17.7 Å². The van der Waals surface area contributed by atoms with Gasteiger partial charge in [-0.3, -0.25) is 9.80 Å². The lowest BCUT2D eigenvalue weighted by molar-refractivity contribution is -0.0311. The molecule has 0 aliphatic carbocycles. The number of anilines is 1. The lowest BCUT2D eigenvalue weighted by Gasteiger charge is -2.44. The van der Waals surface area contributed by atoms with Gasteiger partial charge in [0, 0.05) is 12.6 Å². The summed E-state index contributed by atoms with van der Waals surface area (Å²) in [6.45, 7) is 2.64. The molecule has 2 aromatic rings. The number of aromatic carboxylic acids is 1. The predicted octanol–water partition coefficient (Wildman–Crippen LogP) is 3.47. The SMILES string of the molecule is O=C(O)c1ccc(CN(C(=O)O[C@H]2CN3CCC2CC3)c2cc(O)ccc2F)cc1. The minimum atomic E-state index is -1.06. The molecule has 158 valence electrons. The number of rotatable bonds is 5. The summed E-state index contributed by atoms with van der Waals surface area (Å²) in [5.74, 6) is -1.60. The average molecular weight is 414 g/mol. The van der Waals surface area contributed by atoms with Crippen LogP contribution in [0, 0.1) is 11.7 Å². The van der Waals surface area contributed by atoms with Crippen LogP contribution in [-0.4, -0.2) is 52.9 Å². The first-order valence-corrected chi connectivity index (χ1v) is 9.92. The molecule has 0 saturated carbocycles. The molecule has 3 aliphatic rings. The Hall–Kier alpha value is -3.13. The number of carbonyl (C=O) groups excluding carboxylic acids is 1.